The number of methoxy groups -OCH3 is 1. The molecule has 0 unspecified atom stereocenters. The summed E-state index contributed by atoms with van der Waals surface area (Å²) < 4.78 is 42.7. The molecule has 0 fully saturated rings. The van der Waals surface area contributed by atoms with Crippen LogP contribution in [-0.2, 0) is 0 Å². The van der Waals surface area contributed by atoms with Crippen molar-refractivity contribution in [3.63, 3.8) is 0 Å². The second-order valence-electron chi connectivity index (χ2n) is 5.04. The van der Waals surface area contributed by atoms with E-state index in [2.05, 4.69) is 16.5 Å². The van der Waals surface area contributed by atoms with E-state index in [9.17, 15) is 18.0 Å². The molecule has 1 heterocycles. The normalized spacial score (nSPS) is 12.5. The van der Waals surface area contributed by atoms with E-state index in [0.717, 1.165) is 24.1 Å². The molecule has 0 aliphatic carbocycles. The van der Waals surface area contributed by atoms with Gasteiger partial charge in [-0.05, 0) is 31.4 Å². The van der Waals surface area contributed by atoms with Gasteiger partial charge in [-0.15, -0.1) is 0 Å². The molecule has 0 aliphatic rings. The summed E-state index contributed by atoms with van der Waals surface area (Å²) in [6.07, 6.45) is -4.40. The van der Waals surface area contributed by atoms with Crippen molar-refractivity contribution in [2.45, 2.75) is 20.0 Å². The van der Waals surface area contributed by atoms with E-state index >= 15 is 0 Å². The van der Waals surface area contributed by atoms with Gasteiger partial charge in [-0.2, -0.15) is 13.2 Å². The van der Waals surface area contributed by atoms with Crippen molar-refractivity contribution in [1.29, 1.82) is 0 Å². The number of thioether (sulfide) groups is 1. The highest BCUT2D eigenvalue weighted by molar-refractivity contribution is 8.10. The van der Waals surface area contributed by atoms with Gasteiger partial charge in [-0.3, -0.25) is 4.79 Å². The molecule has 128 valence electrons. The zero-order valence-electron chi connectivity index (χ0n) is 13.2. The van der Waals surface area contributed by atoms with Crippen LogP contribution in [0.4, 0.5) is 13.2 Å². The average molecular weight is 356 g/mol. The van der Waals surface area contributed by atoms with Crippen LogP contribution in [0.3, 0.4) is 0 Å². The van der Waals surface area contributed by atoms with Crippen LogP contribution >= 0.6 is 11.8 Å². The van der Waals surface area contributed by atoms with Crippen molar-refractivity contribution in [2.24, 2.45) is 0 Å². The van der Waals surface area contributed by atoms with E-state index in [1.807, 2.05) is 0 Å². The molecular formula is C16H15F3N2O2S. The number of hydrogen-bond acceptors (Lipinski definition) is 4. The zero-order valence-corrected chi connectivity index (χ0v) is 14.1. The molecule has 0 aliphatic heterocycles. The lowest BCUT2D eigenvalue weighted by molar-refractivity contribution is -0.0910. The molecule has 0 radical (unpaired) electrons. The van der Waals surface area contributed by atoms with Crippen molar-refractivity contribution in [3.05, 3.63) is 51.4 Å². The first-order chi connectivity index (χ1) is 11.1. The van der Waals surface area contributed by atoms with E-state index in [-0.39, 0.29) is 16.3 Å². The number of halogens is 3. The molecule has 0 bridgehead atoms. The molecule has 0 spiro atoms. The largest absolute Gasteiger partial charge is 0.496 e. The molecule has 2 aromatic rings. The number of fused-ring (bicyclic) bond motifs is 1. The average Bonchev–Trinajstić information content (AvgIpc) is 2.52. The second kappa shape index (κ2) is 6.72. The van der Waals surface area contributed by atoms with Crippen LogP contribution in [0.25, 0.3) is 15.8 Å². The first kappa shape index (κ1) is 18.1. The fourth-order valence-electron chi connectivity index (χ4n) is 1.96. The minimum absolute atomic E-state index is 0.125. The molecule has 1 aromatic heterocycles. The predicted octanol–water partition coefficient (Wildman–Crippen LogP) is 4.41. The maximum Gasteiger partial charge on any atom is 0.412 e. The Morgan fingerprint density at radius 3 is 2.67 bits per heavy atom. The summed E-state index contributed by atoms with van der Waals surface area (Å²) in [6.45, 7) is 6.40. The van der Waals surface area contributed by atoms with Crippen LogP contribution in [0, 0.1) is 6.92 Å². The zero-order chi connectivity index (χ0) is 18.1. The van der Waals surface area contributed by atoms with Crippen LogP contribution in [0.2, 0.25) is 0 Å². The Morgan fingerprint density at radius 1 is 1.42 bits per heavy atom. The van der Waals surface area contributed by atoms with Gasteiger partial charge < -0.3 is 9.72 Å². The summed E-state index contributed by atoms with van der Waals surface area (Å²) in [5.74, 6) is 0.692. The second-order valence-corrected chi connectivity index (χ2v) is 6.01. The number of H-pyrrole nitrogens is 1. The third-order valence-electron chi connectivity index (χ3n) is 3.39. The van der Waals surface area contributed by atoms with Crippen molar-refractivity contribution < 1.29 is 17.9 Å². The fourth-order valence-corrected chi connectivity index (χ4v) is 2.62. The SMILES string of the molecule is C=C(S/C=C(\C)C(F)(F)F)c1nc2c(C)c(OC)ccc2c(=O)[nH]1. The summed E-state index contributed by atoms with van der Waals surface area (Å²) in [5, 5.41) is 1.31. The highest BCUT2D eigenvalue weighted by Crippen LogP contribution is 2.32. The smallest absolute Gasteiger partial charge is 0.412 e. The van der Waals surface area contributed by atoms with Gasteiger partial charge in [0.05, 0.1) is 18.0 Å². The molecule has 4 nitrogen and oxygen atoms in total. The van der Waals surface area contributed by atoms with Gasteiger partial charge in [0.15, 0.2) is 0 Å². The Hall–Kier alpha value is -2.22. The number of nitrogens with zero attached hydrogens (tertiary/aromatic N) is 1. The molecule has 0 saturated carbocycles. The first-order valence-corrected chi connectivity index (χ1v) is 7.70. The number of allylic oxidation sites excluding steroid dienone is 1. The molecule has 0 atom stereocenters. The summed E-state index contributed by atoms with van der Waals surface area (Å²) in [4.78, 5) is 19.2. The summed E-state index contributed by atoms with van der Waals surface area (Å²) in [5.41, 5.74) is -0.0535. The molecule has 1 N–H and O–H groups in total. The van der Waals surface area contributed by atoms with Crippen LogP contribution in [-0.4, -0.2) is 23.3 Å². The minimum atomic E-state index is -4.40. The van der Waals surface area contributed by atoms with Crippen molar-refractivity contribution >= 4 is 27.6 Å². The molecule has 2 rings (SSSR count). The Kier molecular flexibility index (Phi) is 5.08. The first-order valence-electron chi connectivity index (χ1n) is 6.82. The van der Waals surface area contributed by atoms with Gasteiger partial charge in [-0.1, -0.05) is 18.3 Å². The lowest BCUT2D eigenvalue weighted by Crippen LogP contribution is -2.12. The number of aromatic nitrogens is 2. The molecular weight excluding hydrogens is 341 g/mol. The number of ether oxygens (including phenoxy) is 1. The highest BCUT2D eigenvalue weighted by Gasteiger charge is 2.29. The number of benzene rings is 1. The van der Waals surface area contributed by atoms with Crippen molar-refractivity contribution in [1.82, 2.24) is 9.97 Å². The lowest BCUT2D eigenvalue weighted by atomic mass is 10.1. The third kappa shape index (κ3) is 3.64. The van der Waals surface area contributed by atoms with E-state index in [0.29, 0.717) is 22.2 Å². The number of hydrogen-bond donors (Lipinski definition) is 1. The van der Waals surface area contributed by atoms with Crippen LogP contribution in [0.5, 0.6) is 5.75 Å². The van der Waals surface area contributed by atoms with E-state index in [1.54, 1.807) is 19.1 Å². The Morgan fingerprint density at radius 2 is 2.08 bits per heavy atom. The van der Waals surface area contributed by atoms with Crippen LogP contribution in [0.1, 0.15) is 18.3 Å². The Balaban J connectivity index is 2.45. The predicted molar refractivity (Wildman–Crippen MR) is 90.1 cm³/mol. The van der Waals surface area contributed by atoms with Gasteiger partial charge in [0.2, 0.25) is 0 Å². The van der Waals surface area contributed by atoms with Crippen molar-refractivity contribution in [3.8, 4) is 5.75 Å². The maximum atomic E-state index is 12.5. The number of aromatic amines is 1. The Bertz CT molecular complexity index is 885. The lowest BCUT2D eigenvalue weighted by Gasteiger charge is -2.10. The van der Waals surface area contributed by atoms with Crippen LogP contribution in [0.15, 0.2) is 34.5 Å². The molecule has 1 aromatic carbocycles. The number of alkyl halides is 3. The van der Waals surface area contributed by atoms with Gasteiger partial charge in [0.1, 0.15) is 11.6 Å². The number of nitrogens with one attached hydrogen (secondary N) is 1. The van der Waals surface area contributed by atoms with Gasteiger partial charge >= 0.3 is 6.18 Å². The van der Waals surface area contributed by atoms with Gasteiger partial charge in [0.25, 0.3) is 5.56 Å². The van der Waals surface area contributed by atoms with E-state index < -0.39 is 11.7 Å². The summed E-state index contributed by atoms with van der Waals surface area (Å²) >= 11 is 0.757. The highest BCUT2D eigenvalue weighted by atomic mass is 32.2. The van der Waals surface area contributed by atoms with Gasteiger partial charge in [0, 0.05) is 16.0 Å². The molecule has 24 heavy (non-hydrogen) atoms. The standard InChI is InChI=1S/C16H15F3N2O2S/c1-8(16(17,18)19)7-24-10(3)14-20-13-9(2)12(23-4)6-5-11(13)15(22)21-14/h5-7H,3H2,1-2,4H3,(H,20,21,22)/b8-7+. The van der Waals surface area contributed by atoms with Crippen molar-refractivity contribution in [2.75, 3.05) is 7.11 Å². The number of aryl methyl sites for hydroxylation is 1. The Labute approximate surface area is 140 Å². The van der Waals surface area contributed by atoms with E-state index in [1.165, 1.54) is 7.11 Å². The fraction of sp³-hybridized carbons (Fsp3) is 0.250. The molecule has 0 amide bonds. The molecule has 8 heteroatoms. The monoisotopic (exact) mass is 356 g/mol. The quantitative estimate of drug-likeness (QED) is 0.882. The summed E-state index contributed by atoms with van der Waals surface area (Å²) in [6, 6.07) is 3.24. The van der Waals surface area contributed by atoms with Crippen LogP contribution < -0.4 is 10.3 Å². The number of rotatable bonds is 4. The van der Waals surface area contributed by atoms with Gasteiger partial charge in [-0.25, -0.2) is 4.98 Å². The molecule has 0 saturated heterocycles. The summed E-state index contributed by atoms with van der Waals surface area (Å²) in [7, 11) is 1.50. The topological polar surface area (TPSA) is 55.0 Å². The minimum Gasteiger partial charge on any atom is -0.496 e. The third-order valence-corrected chi connectivity index (χ3v) is 4.34. The maximum absolute atomic E-state index is 12.5. The van der Waals surface area contributed by atoms with E-state index in [4.69, 9.17) is 4.74 Å².